The predicted octanol–water partition coefficient (Wildman–Crippen LogP) is 2.32. The number of carbonyl (C=O) groups is 1. The Hall–Kier alpha value is -1.87. The number of benzene rings is 1. The number of rotatable bonds is 5. The number of nitrogens with zero attached hydrogens (tertiary/aromatic N) is 4. The highest BCUT2D eigenvalue weighted by molar-refractivity contribution is 7.99. The van der Waals surface area contributed by atoms with E-state index in [1.807, 2.05) is 30.3 Å². The van der Waals surface area contributed by atoms with E-state index >= 15 is 0 Å². The second kappa shape index (κ2) is 8.24. The number of para-hydroxylation sites is 1. The third kappa shape index (κ3) is 4.25. The van der Waals surface area contributed by atoms with Gasteiger partial charge in [0.25, 0.3) is 0 Å². The van der Waals surface area contributed by atoms with Crippen LogP contribution in [-0.2, 0) is 27.6 Å². The first kappa shape index (κ1) is 19.4. The van der Waals surface area contributed by atoms with Crippen LogP contribution in [0.3, 0.4) is 0 Å². The van der Waals surface area contributed by atoms with Crippen LogP contribution in [0.2, 0.25) is 0 Å². The molecule has 1 saturated heterocycles. The zero-order chi connectivity index (χ0) is 19.6. The van der Waals surface area contributed by atoms with Crippen molar-refractivity contribution < 1.29 is 13.2 Å². The van der Waals surface area contributed by atoms with Crippen molar-refractivity contribution in [2.75, 3.05) is 22.2 Å². The number of sulfone groups is 1. The number of fused-ring (bicyclic) bond motifs is 1. The minimum absolute atomic E-state index is 0.0264. The number of carbonyl (C=O) groups excluding carboxylic acids is 1. The minimum Gasteiger partial charge on any atom is -0.308 e. The predicted molar refractivity (Wildman–Crippen MR) is 109 cm³/mol. The second-order valence-corrected chi connectivity index (χ2v) is 10.5. The molecule has 2 aliphatic rings. The zero-order valence-electron chi connectivity index (χ0n) is 15.7. The summed E-state index contributed by atoms with van der Waals surface area (Å²) >= 11 is 1.39. The second-order valence-electron chi connectivity index (χ2n) is 7.31. The molecule has 1 fully saturated rings. The Morgan fingerprint density at radius 1 is 1.18 bits per heavy atom. The summed E-state index contributed by atoms with van der Waals surface area (Å²) < 4.78 is 26.1. The first-order chi connectivity index (χ1) is 13.5. The topological polar surface area (TPSA) is 85.2 Å². The van der Waals surface area contributed by atoms with E-state index in [2.05, 4.69) is 14.8 Å². The van der Waals surface area contributed by atoms with E-state index < -0.39 is 9.84 Å². The molecule has 3 heterocycles. The molecular weight excluding hydrogens is 396 g/mol. The molecule has 0 N–H and O–H groups in total. The van der Waals surface area contributed by atoms with Crippen LogP contribution in [0, 0.1) is 0 Å². The Morgan fingerprint density at radius 3 is 2.75 bits per heavy atom. The molecule has 4 rings (SSSR count). The molecule has 0 unspecified atom stereocenters. The normalized spacial score (nSPS) is 21.1. The highest BCUT2D eigenvalue weighted by Gasteiger charge is 2.35. The smallest absolute Gasteiger partial charge is 0.237 e. The molecule has 0 saturated carbocycles. The van der Waals surface area contributed by atoms with Crippen molar-refractivity contribution in [2.45, 2.75) is 49.8 Å². The van der Waals surface area contributed by atoms with Gasteiger partial charge in [-0.1, -0.05) is 36.4 Å². The Kier molecular flexibility index (Phi) is 5.73. The van der Waals surface area contributed by atoms with E-state index in [1.54, 1.807) is 4.90 Å². The largest absolute Gasteiger partial charge is 0.308 e. The number of thioether (sulfide) groups is 1. The Bertz CT molecular complexity index is 943. The Balaban J connectivity index is 1.51. The van der Waals surface area contributed by atoms with Gasteiger partial charge in [0.05, 0.1) is 23.3 Å². The average Bonchev–Trinajstić information content (AvgIpc) is 3.14. The van der Waals surface area contributed by atoms with Crippen molar-refractivity contribution in [1.29, 1.82) is 0 Å². The SMILES string of the molecule is O=C(CSc1nnc2n1CCCCC2)N(c1ccccc1)[C@H]1CCS(=O)(=O)C1. The molecule has 1 atom stereocenters. The quantitative estimate of drug-likeness (QED) is 0.690. The van der Waals surface area contributed by atoms with E-state index in [-0.39, 0.29) is 29.2 Å². The summed E-state index contributed by atoms with van der Waals surface area (Å²) in [6.45, 7) is 0.891. The summed E-state index contributed by atoms with van der Waals surface area (Å²) in [5, 5.41) is 9.33. The zero-order valence-corrected chi connectivity index (χ0v) is 17.3. The number of hydrogen-bond acceptors (Lipinski definition) is 6. The summed E-state index contributed by atoms with van der Waals surface area (Å²) in [5.74, 6) is 1.28. The van der Waals surface area contributed by atoms with Crippen molar-refractivity contribution in [3.63, 3.8) is 0 Å². The lowest BCUT2D eigenvalue weighted by Gasteiger charge is -2.28. The first-order valence-electron chi connectivity index (χ1n) is 9.66. The maximum Gasteiger partial charge on any atom is 0.237 e. The summed E-state index contributed by atoms with van der Waals surface area (Å²) in [7, 11) is -3.08. The molecule has 1 aromatic heterocycles. The van der Waals surface area contributed by atoms with Crippen molar-refractivity contribution in [3.8, 4) is 0 Å². The van der Waals surface area contributed by atoms with Gasteiger partial charge in [-0.2, -0.15) is 0 Å². The molecule has 0 aliphatic carbocycles. The van der Waals surface area contributed by atoms with Crippen LogP contribution in [0.1, 0.15) is 31.5 Å². The third-order valence-electron chi connectivity index (χ3n) is 5.28. The van der Waals surface area contributed by atoms with Gasteiger partial charge in [0.15, 0.2) is 15.0 Å². The maximum absolute atomic E-state index is 13.1. The van der Waals surface area contributed by atoms with Crippen LogP contribution >= 0.6 is 11.8 Å². The van der Waals surface area contributed by atoms with E-state index in [0.717, 1.165) is 42.5 Å². The monoisotopic (exact) mass is 420 g/mol. The van der Waals surface area contributed by atoms with Crippen molar-refractivity contribution in [1.82, 2.24) is 14.8 Å². The lowest BCUT2D eigenvalue weighted by atomic mass is 10.2. The molecule has 0 bridgehead atoms. The van der Waals surface area contributed by atoms with Crippen LogP contribution in [0.4, 0.5) is 5.69 Å². The number of amides is 1. The molecular formula is C19H24N4O3S2. The summed E-state index contributed by atoms with van der Waals surface area (Å²) in [6.07, 6.45) is 4.82. The summed E-state index contributed by atoms with van der Waals surface area (Å²) in [6, 6.07) is 9.02. The lowest BCUT2D eigenvalue weighted by molar-refractivity contribution is -0.116. The molecule has 0 spiro atoms. The fraction of sp³-hybridized carbons (Fsp3) is 0.526. The molecule has 150 valence electrons. The van der Waals surface area contributed by atoms with E-state index in [1.165, 1.54) is 18.2 Å². The molecule has 2 aliphatic heterocycles. The Labute approximate surface area is 169 Å². The van der Waals surface area contributed by atoms with Gasteiger partial charge in [-0.15, -0.1) is 10.2 Å². The van der Waals surface area contributed by atoms with Gasteiger partial charge in [-0.25, -0.2) is 8.42 Å². The van der Waals surface area contributed by atoms with Crippen molar-refractivity contribution in [2.24, 2.45) is 0 Å². The van der Waals surface area contributed by atoms with Crippen molar-refractivity contribution >= 4 is 33.2 Å². The molecule has 1 amide bonds. The van der Waals surface area contributed by atoms with Crippen LogP contribution in [0.15, 0.2) is 35.5 Å². The molecule has 2 aromatic rings. The standard InChI is InChI=1S/C19H24N4O3S2/c24-18(13-27-19-21-20-17-9-5-2-6-11-22(17)19)23(15-7-3-1-4-8-15)16-10-12-28(25,26)14-16/h1,3-4,7-8,16H,2,5-6,9-14H2/t16-/m0/s1. The first-order valence-corrected chi connectivity index (χ1v) is 12.5. The van der Waals surface area contributed by atoms with Gasteiger partial charge in [0, 0.05) is 18.7 Å². The molecule has 1 aromatic carbocycles. The highest BCUT2D eigenvalue weighted by Crippen LogP contribution is 2.27. The van der Waals surface area contributed by atoms with Gasteiger partial charge >= 0.3 is 0 Å². The van der Waals surface area contributed by atoms with Crippen LogP contribution < -0.4 is 4.90 Å². The van der Waals surface area contributed by atoms with Gasteiger partial charge in [-0.05, 0) is 31.4 Å². The molecule has 28 heavy (non-hydrogen) atoms. The molecule has 7 nitrogen and oxygen atoms in total. The maximum atomic E-state index is 13.1. The van der Waals surface area contributed by atoms with Crippen LogP contribution in [0.25, 0.3) is 0 Å². The minimum atomic E-state index is -3.08. The van der Waals surface area contributed by atoms with Gasteiger partial charge in [0.2, 0.25) is 5.91 Å². The third-order valence-corrected chi connectivity index (χ3v) is 7.98. The number of aromatic nitrogens is 3. The van der Waals surface area contributed by atoms with Crippen LogP contribution in [0.5, 0.6) is 0 Å². The number of anilines is 1. The molecule has 0 radical (unpaired) electrons. The molecule has 9 heteroatoms. The fourth-order valence-corrected chi connectivity index (χ4v) is 6.43. The number of hydrogen-bond donors (Lipinski definition) is 0. The van der Waals surface area contributed by atoms with Gasteiger partial charge in [0.1, 0.15) is 5.82 Å². The van der Waals surface area contributed by atoms with E-state index in [9.17, 15) is 13.2 Å². The van der Waals surface area contributed by atoms with E-state index in [0.29, 0.717) is 6.42 Å². The number of aryl methyl sites for hydroxylation is 1. The van der Waals surface area contributed by atoms with Crippen LogP contribution in [-0.4, -0.2) is 52.4 Å². The van der Waals surface area contributed by atoms with Gasteiger partial charge < -0.3 is 9.47 Å². The average molecular weight is 421 g/mol. The lowest BCUT2D eigenvalue weighted by Crippen LogP contribution is -2.42. The Morgan fingerprint density at radius 2 is 2.00 bits per heavy atom. The van der Waals surface area contributed by atoms with Crippen molar-refractivity contribution in [3.05, 3.63) is 36.2 Å². The van der Waals surface area contributed by atoms with Gasteiger partial charge in [-0.3, -0.25) is 4.79 Å². The fourth-order valence-electron chi connectivity index (χ4n) is 3.89. The summed E-state index contributed by atoms with van der Waals surface area (Å²) in [4.78, 5) is 14.8. The van der Waals surface area contributed by atoms with E-state index in [4.69, 9.17) is 0 Å². The highest BCUT2D eigenvalue weighted by atomic mass is 32.2. The summed E-state index contributed by atoms with van der Waals surface area (Å²) in [5.41, 5.74) is 0.746.